The second-order valence-corrected chi connectivity index (χ2v) is 5.60. The van der Waals surface area contributed by atoms with Gasteiger partial charge in [-0.05, 0) is 18.1 Å². The van der Waals surface area contributed by atoms with Crippen LogP contribution < -0.4 is 0 Å². The van der Waals surface area contributed by atoms with E-state index < -0.39 is 5.97 Å². The van der Waals surface area contributed by atoms with Crippen molar-refractivity contribution in [2.45, 2.75) is 19.4 Å². The van der Waals surface area contributed by atoms with Gasteiger partial charge in [-0.1, -0.05) is 18.2 Å². The van der Waals surface area contributed by atoms with Gasteiger partial charge in [0.2, 0.25) is 0 Å². The van der Waals surface area contributed by atoms with Crippen molar-refractivity contribution in [2.75, 3.05) is 0 Å². The first kappa shape index (κ1) is 12.9. The highest BCUT2D eigenvalue weighted by molar-refractivity contribution is 7.09. The lowest BCUT2D eigenvalue weighted by Crippen LogP contribution is -1.98. The smallest absolute Gasteiger partial charge is 0.303 e. The molecule has 3 aromatic rings. The van der Waals surface area contributed by atoms with Crippen molar-refractivity contribution in [3.05, 3.63) is 52.6 Å². The highest BCUT2D eigenvalue weighted by atomic mass is 32.1. The standard InChI is InChI=1S/C15H14N2O2S/c18-15(19)6-5-11-9-17(10-14-16-7-8-20-14)13-4-2-1-3-12(11)13/h1-4,7-9H,5-6,10H2,(H,18,19). The first-order valence-electron chi connectivity index (χ1n) is 6.41. The van der Waals surface area contributed by atoms with Crippen LogP contribution in [-0.4, -0.2) is 20.6 Å². The molecule has 3 rings (SSSR count). The predicted octanol–water partition coefficient (Wildman–Crippen LogP) is 3.16. The minimum atomic E-state index is -0.762. The first-order chi connectivity index (χ1) is 9.74. The van der Waals surface area contributed by atoms with Gasteiger partial charge in [0.05, 0.1) is 6.54 Å². The third-order valence-electron chi connectivity index (χ3n) is 3.27. The number of nitrogens with zero attached hydrogens (tertiary/aromatic N) is 2. The molecular formula is C15H14N2O2S. The Bertz CT molecular complexity index is 732. The molecule has 5 heteroatoms. The number of carbonyl (C=O) groups is 1. The Balaban J connectivity index is 1.97. The number of aliphatic carboxylic acids is 1. The van der Waals surface area contributed by atoms with E-state index >= 15 is 0 Å². The lowest BCUT2D eigenvalue weighted by atomic mass is 10.1. The van der Waals surface area contributed by atoms with Crippen molar-refractivity contribution < 1.29 is 9.90 Å². The van der Waals surface area contributed by atoms with Gasteiger partial charge in [0.1, 0.15) is 5.01 Å². The minimum absolute atomic E-state index is 0.158. The zero-order valence-electron chi connectivity index (χ0n) is 10.8. The third-order valence-corrected chi connectivity index (χ3v) is 4.03. The van der Waals surface area contributed by atoms with E-state index in [1.54, 1.807) is 17.5 Å². The van der Waals surface area contributed by atoms with Crippen LogP contribution in [0.2, 0.25) is 0 Å². The molecule has 1 N–H and O–H groups in total. The number of aromatic nitrogens is 2. The molecule has 4 nitrogen and oxygen atoms in total. The van der Waals surface area contributed by atoms with Crippen molar-refractivity contribution in [2.24, 2.45) is 0 Å². The molecule has 0 saturated heterocycles. The van der Waals surface area contributed by atoms with Crippen molar-refractivity contribution in [3.8, 4) is 0 Å². The van der Waals surface area contributed by atoms with Crippen molar-refractivity contribution in [1.29, 1.82) is 0 Å². The molecule has 0 amide bonds. The largest absolute Gasteiger partial charge is 0.481 e. The Morgan fingerprint density at radius 3 is 2.95 bits per heavy atom. The lowest BCUT2D eigenvalue weighted by Gasteiger charge is -2.01. The van der Waals surface area contributed by atoms with E-state index in [9.17, 15) is 4.79 Å². The van der Waals surface area contributed by atoms with Crippen molar-refractivity contribution in [3.63, 3.8) is 0 Å². The Morgan fingerprint density at radius 2 is 2.20 bits per heavy atom. The fourth-order valence-electron chi connectivity index (χ4n) is 2.37. The number of rotatable bonds is 5. The Labute approximate surface area is 120 Å². The van der Waals surface area contributed by atoms with Crippen LogP contribution in [0, 0.1) is 0 Å². The summed E-state index contributed by atoms with van der Waals surface area (Å²) in [6, 6.07) is 8.10. The SMILES string of the molecule is O=C(O)CCc1cn(Cc2nccs2)c2ccccc12. The summed E-state index contributed by atoms with van der Waals surface area (Å²) in [5.74, 6) is -0.762. The van der Waals surface area contributed by atoms with Gasteiger partial charge >= 0.3 is 5.97 Å². The number of fused-ring (bicyclic) bond motifs is 1. The normalized spacial score (nSPS) is 11.0. The number of para-hydroxylation sites is 1. The molecule has 0 fully saturated rings. The predicted molar refractivity (Wildman–Crippen MR) is 79.1 cm³/mol. The number of hydrogen-bond acceptors (Lipinski definition) is 3. The first-order valence-corrected chi connectivity index (χ1v) is 7.29. The topological polar surface area (TPSA) is 55.1 Å². The number of carboxylic acids is 1. The van der Waals surface area contributed by atoms with E-state index in [0.29, 0.717) is 6.42 Å². The van der Waals surface area contributed by atoms with E-state index in [4.69, 9.17) is 5.11 Å². The van der Waals surface area contributed by atoms with E-state index in [1.165, 1.54) is 0 Å². The average molecular weight is 286 g/mol. The van der Waals surface area contributed by atoms with Crippen molar-refractivity contribution in [1.82, 2.24) is 9.55 Å². The second-order valence-electron chi connectivity index (χ2n) is 4.62. The molecule has 0 aliphatic heterocycles. The third kappa shape index (κ3) is 2.58. The molecule has 2 aromatic heterocycles. The van der Waals surface area contributed by atoms with Gasteiger partial charge in [-0.3, -0.25) is 4.79 Å². The highest BCUT2D eigenvalue weighted by Crippen LogP contribution is 2.23. The highest BCUT2D eigenvalue weighted by Gasteiger charge is 2.10. The van der Waals surface area contributed by atoms with Gasteiger partial charge in [0, 0.05) is 35.1 Å². The molecule has 0 bridgehead atoms. The summed E-state index contributed by atoms with van der Waals surface area (Å²) in [6.07, 6.45) is 4.57. The minimum Gasteiger partial charge on any atom is -0.481 e. The summed E-state index contributed by atoms with van der Waals surface area (Å²) in [5.41, 5.74) is 2.21. The van der Waals surface area contributed by atoms with Gasteiger partial charge in [0.25, 0.3) is 0 Å². The number of benzene rings is 1. The molecular weight excluding hydrogens is 272 g/mol. The molecule has 102 valence electrons. The zero-order valence-corrected chi connectivity index (χ0v) is 11.6. The maximum absolute atomic E-state index is 10.8. The molecule has 0 aliphatic carbocycles. The molecule has 0 unspecified atom stereocenters. The van der Waals surface area contributed by atoms with E-state index in [2.05, 4.69) is 21.8 Å². The van der Waals surface area contributed by atoms with Gasteiger partial charge in [-0.2, -0.15) is 0 Å². The zero-order chi connectivity index (χ0) is 13.9. The van der Waals surface area contributed by atoms with Gasteiger partial charge in [-0.25, -0.2) is 4.98 Å². The van der Waals surface area contributed by atoms with Crippen LogP contribution in [0.25, 0.3) is 10.9 Å². The summed E-state index contributed by atoms with van der Waals surface area (Å²) in [7, 11) is 0. The quantitative estimate of drug-likeness (QED) is 0.784. The second kappa shape index (κ2) is 5.46. The molecule has 1 aromatic carbocycles. The van der Waals surface area contributed by atoms with Crippen LogP contribution in [0.3, 0.4) is 0 Å². The van der Waals surface area contributed by atoms with Crippen LogP contribution in [-0.2, 0) is 17.8 Å². The summed E-state index contributed by atoms with van der Waals surface area (Å²) >= 11 is 1.63. The van der Waals surface area contributed by atoms with Gasteiger partial charge < -0.3 is 9.67 Å². The van der Waals surface area contributed by atoms with E-state index in [-0.39, 0.29) is 6.42 Å². The van der Waals surface area contributed by atoms with E-state index in [0.717, 1.165) is 28.0 Å². The van der Waals surface area contributed by atoms with Crippen LogP contribution in [0.15, 0.2) is 42.0 Å². The van der Waals surface area contributed by atoms with Crippen LogP contribution in [0.1, 0.15) is 17.0 Å². The summed E-state index contributed by atoms with van der Waals surface area (Å²) in [6.45, 7) is 0.727. The fraction of sp³-hybridized carbons (Fsp3) is 0.200. The molecule has 0 atom stereocenters. The number of carboxylic acid groups (broad SMARTS) is 1. The number of aryl methyl sites for hydroxylation is 1. The van der Waals surface area contributed by atoms with Crippen LogP contribution >= 0.6 is 11.3 Å². The molecule has 0 spiro atoms. The molecule has 0 radical (unpaired) electrons. The Kier molecular flexibility index (Phi) is 3.52. The fourth-order valence-corrected chi connectivity index (χ4v) is 2.99. The summed E-state index contributed by atoms with van der Waals surface area (Å²) in [4.78, 5) is 15.1. The Morgan fingerprint density at radius 1 is 1.35 bits per heavy atom. The maximum Gasteiger partial charge on any atom is 0.303 e. The van der Waals surface area contributed by atoms with Gasteiger partial charge in [0.15, 0.2) is 0 Å². The average Bonchev–Trinajstić information content (AvgIpc) is 3.06. The summed E-state index contributed by atoms with van der Waals surface area (Å²) < 4.78 is 2.14. The number of thiazole rings is 1. The lowest BCUT2D eigenvalue weighted by molar-refractivity contribution is -0.136. The molecule has 0 aliphatic rings. The molecule has 0 saturated carbocycles. The Hall–Kier alpha value is -2.14. The monoisotopic (exact) mass is 286 g/mol. The van der Waals surface area contributed by atoms with E-state index in [1.807, 2.05) is 23.6 Å². The van der Waals surface area contributed by atoms with Crippen LogP contribution in [0.4, 0.5) is 0 Å². The molecule has 20 heavy (non-hydrogen) atoms. The van der Waals surface area contributed by atoms with Crippen LogP contribution in [0.5, 0.6) is 0 Å². The number of hydrogen-bond donors (Lipinski definition) is 1. The maximum atomic E-state index is 10.8. The van der Waals surface area contributed by atoms with Gasteiger partial charge in [-0.15, -0.1) is 11.3 Å². The molecule has 2 heterocycles. The summed E-state index contributed by atoms with van der Waals surface area (Å²) in [5, 5.41) is 13.0. The van der Waals surface area contributed by atoms with Crippen molar-refractivity contribution >= 4 is 28.2 Å².